The molecule has 0 heterocycles. The van der Waals surface area contributed by atoms with Crippen LogP contribution in [0.25, 0.3) is 0 Å². The fourth-order valence-electron chi connectivity index (χ4n) is 2.43. The van der Waals surface area contributed by atoms with Crippen LogP contribution in [0.4, 0.5) is 5.69 Å². The van der Waals surface area contributed by atoms with Gasteiger partial charge in [0.05, 0.1) is 0 Å². The Morgan fingerprint density at radius 1 is 1.22 bits per heavy atom. The van der Waals surface area contributed by atoms with Crippen molar-refractivity contribution in [2.45, 2.75) is 46.1 Å². The topological polar surface area (TPSA) is 15.3 Å². The number of para-hydroxylation sites is 1. The van der Waals surface area contributed by atoms with E-state index in [1.165, 1.54) is 30.5 Å². The molecule has 18 heavy (non-hydrogen) atoms. The first-order valence-corrected chi connectivity index (χ1v) is 7.19. The summed E-state index contributed by atoms with van der Waals surface area (Å²) in [4.78, 5) is 2.37. The minimum absolute atomic E-state index is 0.681. The molecule has 0 spiro atoms. The Balaban J connectivity index is 2.37. The Morgan fingerprint density at radius 3 is 2.56 bits per heavy atom. The van der Waals surface area contributed by atoms with E-state index in [1.54, 1.807) is 0 Å². The fraction of sp³-hybridized carbons (Fsp3) is 0.625. The largest absolute Gasteiger partial charge is 0.374 e. The van der Waals surface area contributed by atoms with E-state index in [4.69, 9.17) is 0 Å². The molecule has 0 aliphatic heterocycles. The van der Waals surface area contributed by atoms with Gasteiger partial charge < -0.3 is 10.2 Å². The van der Waals surface area contributed by atoms with E-state index in [9.17, 15) is 0 Å². The minimum atomic E-state index is 0.681. The highest BCUT2D eigenvalue weighted by Gasteiger charge is 2.06. The molecule has 0 aliphatic carbocycles. The summed E-state index contributed by atoms with van der Waals surface area (Å²) in [5.74, 6) is 0. The maximum absolute atomic E-state index is 3.54. The Labute approximate surface area is 112 Å². The van der Waals surface area contributed by atoms with Crippen LogP contribution in [0.5, 0.6) is 0 Å². The molecule has 1 unspecified atom stereocenters. The molecule has 2 heteroatoms. The summed E-state index contributed by atoms with van der Waals surface area (Å²) in [5, 5.41) is 3.54. The van der Waals surface area contributed by atoms with Crippen molar-refractivity contribution in [1.82, 2.24) is 5.32 Å². The van der Waals surface area contributed by atoms with E-state index in [0.717, 1.165) is 13.1 Å². The number of hydrogen-bond acceptors (Lipinski definition) is 2. The molecule has 1 N–H and O–H groups in total. The summed E-state index contributed by atoms with van der Waals surface area (Å²) in [6, 6.07) is 9.29. The van der Waals surface area contributed by atoms with E-state index < -0.39 is 0 Å². The van der Waals surface area contributed by atoms with Crippen molar-refractivity contribution in [2.24, 2.45) is 0 Å². The number of rotatable bonds is 8. The SMILES string of the molecule is CCNC(CC)CCCN(C)c1ccccc1C. The van der Waals surface area contributed by atoms with Crippen LogP contribution < -0.4 is 10.2 Å². The van der Waals surface area contributed by atoms with Crippen molar-refractivity contribution in [2.75, 3.05) is 25.0 Å². The molecular weight excluding hydrogens is 220 g/mol. The molecule has 0 saturated heterocycles. The standard InChI is InChI=1S/C16H28N2/c1-5-15(17-6-2)11-9-13-18(4)16-12-8-7-10-14(16)3/h7-8,10,12,15,17H,5-6,9,11,13H2,1-4H3. The van der Waals surface area contributed by atoms with Crippen LogP contribution in [0, 0.1) is 6.92 Å². The van der Waals surface area contributed by atoms with Crippen molar-refractivity contribution >= 4 is 5.69 Å². The maximum Gasteiger partial charge on any atom is 0.0393 e. The van der Waals surface area contributed by atoms with Gasteiger partial charge in [-0.3, -0.25) is 0 Å². The number of nitrogens with zero attached hydrogens (tertiary/aromatic N) is 1. The molecule has 2 nitrogen and oxygen atoms in total. The lowest BCUT2D eigenvalue weighted by Gasteiger charge is -2.23. The lowest BCUT2D eigenvalue weighted by atomic mass is 10.1. The number of anilines is 1. The Kier molecular flexibility index (Phi) is 6.81. The highest BCUT2D eigenvalue weighted by molar-refractivity contribution is 5.52. The predicted octanol–water partition coefficient (Wildman–Crippen LogP) is 3.60. The van der Waals surface area contributed by atoms with Gasteiger partial charge in [0, 0.05) is 25.3 Å². The quantitative estimate of drug-likeness (QED) is 0.756. The van der Waals surface area contributed by atoms with Gasteiger partial charge in [0.1, 0.15) is 0 Å². The van der Waals surface area contributed by atoms with Crippen LogP contribution in [0.15, 0.2) is 24.3 Å². The van der Waals surface area contributed by atoms with E-state index in [0.29, 0.717) is 6.04 Å². The van der Waals surface area contributed by atoms with Crippen molar-refractivity contribution in [3.05, 3.63) is 29.8 Å². The lowest BCUT2D eigenvalue weighted by molar-refractivity contribution is 0.468. The van der Waals surface area contributed by atoms with Crippen LogP contribution in [-0.4, -0.2) is 26.2 Å². The molecule has 1 aromatic rings. The van der Waals surface area contributed by atoms with E-state index in [1.807, 2.05) is 0 Å². The summed E-state index contributed by atoms with van der Waals surface area (Å²) in [6.07, 6.45) is 3.73. The Morgan fingerprint density at radius 2 is 1.94 bits per heavy atom. The van der Waals surface area contributed by atoms with Crippen molar-refractivity contribution in [3.63, 3.8) is 0 Å². The van der Waals surface area contributed by atoms with Gasteiger partial charge in [-0.15, -0.1) is 0 Å². The summed E-state index contributed by atoms with van der Waals surface area (Å²) >= 11 is 0. The summed E-state index contributed by atoms with van der Waals surface area (Å²) in [5.41, 5.74) is 2.72. The number of aryl methyl sites for hydroxylation is 1. The summed E-state index contributed by atoms with van der Waals surface area (Å²) in [7, 11) is 2.19. The van der Waals surface area contributed by atoms with Gasteiger partial charge in [0.15, 0.2) is 0 Å². The molecule has 0 aliphatic rings. The van der Waals surface area contributed by atoms with Crippen LogP contribution in [0.2, 0.25) is 0 Å². The molecule has 1 rings (SSSR count). The normalized spacial score (nSPS) is 12.4. The molecule has 0 bridgehead atoms. The number of benzene rings is 1. The minimum Gasteiger partial charge on any atom is -0.374 e. The molecule has 0 saturated carbocycles. The zero-order chi connectivity index (χ0) is 13.4. The van der Waals surface area contributed by atoms with Crippen molar-refractivity contribution < 1.29 is 0 Å². The van der Waals surface area contributed by atoms with Gasteiger partial charge in [-0.25, -0.2) is 0 Å². The average Bonchev–Trinajstić information content (AvgIpc) is 2.38. The van der Waals surface area contributed by atoms with Crippen LogP contribution in [0.3, 0.4) is 0 Å². The van der Waals surface area contributed by atoms with E-state index in [-0.39, 0.29) is 0 Å². The van der Waals surface area contributed by atoms with Crippen LogP contribution in [0.1, 0.15) is 38.7 Å². The van der Waals surface area contributed by atoms with Crippen molar-refractivity contribution in [3.8, 4) is 0 Å². The highest BCUT2D eigenvalue weighted by Crippen LogP contribution is 2.18. The first-order chi connectivity index (χ1) is 8.69. The second kappa shape index (κ2) is 8.15. The van der Waals surface area contributed by atoms with Crippen LogP contribution >= 0.6 is 0 Å². The molecule has 1 aromatic carbocycles. The van der Waals surface area contributed by atoms with E-state index >= 15 is 0 Å². The highest BCUT2D eigenvalue weighted by atomic mass is 15.1. The van der Waals surface area contributed by atoms with Crippen LogP contribution in [-0.2, 0) is 0 Å². The van der Waals surface area contributed by atoms with Gasteiger partial charge >= 0.3 is 0 Å². The summed E-state index contributed by atoms with van der Waals surface area (Å²) < 4.78 is 0. The fourth-order valence-corrected chi connectivity index (χ4v) is 2.43. The van der Waals surface area contributed by atoms with Gasteiger partial charge in [0.2, 0.25) is 0 Å². The number of nitrogens with one attached hydrogen (secondary N) is 1. The average molecular weight is 248 g/mol. The van der Waals surface area contributed by atoms with Gasteiger partial charge in [-0.05, 0) is 44.4 Å². The molecule has 0 radical (unpaired) electrons. The second-order valence-corrected chi connectivity index (χ2v) is 5.01. The van der Waals surface area contributed by atoms with Gasteiger partial charge in [0.25, 0.3) is 0 Å². The third-order valence-electron chi connectivity index (χ3n) is 3.56. The monoisotopic (exact) mass is 248 g/mol. The first kappa shape index (κ1) is 15.0. The Bertz CT molecular complexity index is 336. The molecular formula is C16H28N2. The summed E-state index contributed by atoms with van der Waals surface area (Å²) in [6.45, 7) is 8.83. The van der Waals surface area contributed by atoms with Gasteiger partial charge in [-0.2, -0.15) is 0 Å². The molecule has 1 atom stereocenters. The maximum atomic E-state index is 3.54. The molecule has 0 aromatic heterocycles. The second-order valence-electron chi connectivity index (χ2n) is 5.01. The van der Waals surface area contributed by atoms with Crippen molar-refractivity contribution in [1.29, 1.82) is 0 Å². The zero-order valence-electron chi connectivity index (χ0n) is 12.4. The number of hydrogen-bond donors (Lipinski definition) is 1. The molecule has 0 amide bonds. The zero-order valence-corrected chi connectivity index (χ0v) is 12.4. The molecule has 102 valence electrons. The lowest BCUT2D eigenvalue weighted by Crippen LogP contribution is -2.29. The molecule has 0 fully saturated rings. The third kappa shape index (κ3) is 4.69. The predicted molar refractivity (Wildman–Crippen MR) is 81.4 cm³/mol. The van der Waals surface area contributed by atoms with E-state index in [2.05, 4.69) is 62.3 Å². The smallest absolute Gasteiger partial charge is 0.0393 e. The first-order valence-electron chi connectivity index (χ1n) is 7.19. The Hall–Kier alpha value is -1.02. The van der Waals surface area contributed by atoms with Gasteiger partial charge in [-0.1, -0.05) is 32.0 Å². The third-order valence-corrected chi connectivity index (χ3v) is 3.56.